The fraction of sp³-hybridized carbons (Fsp3) is 1.00. The van der Waals surface area contributed by atoms with Crippen molar-refractivity contribution >= 4 is 0 Å². The smallest absolute Gasteiger partial charge is 0.0772 e. The number of aliphatic hydroxyl groups is 1. The highest BCUT2D eigenvalue weighted by Gasteiger charge is 2.32. The highest BCUT2D eigenvalue weighted by Crippen LogP contribution is 2.27. The van der Waals surface area contributed by atoms with E-state index in [1.807, 2.05) is 0 Å². The molecule has 1 heterocycles. The molecule has 4 nitrogen and oxygen atoms in total. The Bertz CT molecular complexity index is 196. The first-order valence-electron chi connectivity index (χ1n) is 6.10. The van der Waals surface area contributed by atoms with Crippen molar-refractivity contribution in [2.24, 2.45) is 5.73 Å². The van der Waals surface area contributed by atoms with Crippen molar-refractivity contribution in [3.8, 4) is 0 Å². The Morgan fingerprint density at radius 1 is 1.33 bits per heavy atom. The highest BCUT2D eigenvalue weighted by atomic mass is 16.3. The summed E-state index contributed by atoms with van der Waals surface area (Å²) in [5.74, 6) is 0. The van der Waals surface area contributed by atoms with E-state index in [4.69, 9.17) is 5.73 Å². The van der Waals surface area contributed by atoms with E-state index < -0.39 is 5.60 Å². The van der Waals surface area contributed by atoms with Gasteiger partial charge in [-0.2, -0.15) is 0 Å². The lowest BCUT2D eigenvalue weighted by Gasteiger charge is -2.35. The number of nitrogens with two attached hydrogens (primary N) is 1. The maximum atomic E-state index is 10.3. The second-order valence-corrected chi connectivity index (χ2v) is 5.13. The predicted molar refractivity (Wildman–Crippen MR) is 60.7 cm³/mol. The summed E-state index contributed by atoms with van der Waals surface area (Å²) in [7, 11) is 0. The van der Waals surface area contributed by atoms with Gasteiger partial charge in [-0.15, -0.1) is 0 Å². The summed E-state index contributed by atoms with van der Waals surface area (Å²) < 4.78 is 0. The molecule has 1 atom stereocenters. The van der Waals surface area contributed by atoms with Crippen molar-refractivity contribution in [1.29, 1.82) is 0 Å². The molecule has 15 heavy (non-hydrogen) atoms. The van der Waals surface area contributed by atoms with Crippen LogP contribution in [0.1, 0.15) is 32.1 Å². The minimum Gasteiger partial charge on any atom is -0.389 e. The van der Waals surface area contributed by atoms with Crippen molar-refractivity contribution < 1.29 is 5.11 Å². The van der Waals surface area contributed by atoms with Gasteiger partial charge in [0.05, 0.1) is 5.60 Å². The van der Waals surface area contributed by atoms with Gasteiger partial charge in [0.25, 0.3) is 0 Å². The molecule has 0 spiro atoms. The fourth-order valence-corrected chi connectivity index (χ4v) is 2.52. The van der Waals surface area contributed by atoms with E-state index in [-0.39, 0.29) is 0 Å². The summed E-state index contributed by atoms with van der Waals surface area (Å²) in [6.45, 7) is 2.86. The van der Waals surface area contributed by atoms with Gasteiger partial charge in [0.1, 0.15) is 0 Å². The van der Waals surface area contributed by atoms with Gasteiger partial charge in [0, 0.05) is 25.2 Å². The molecule has 0 bridgehead atoms. The van der Waals surface area contributed by atoms with Crippen molar-refractivity contribution in [3.63, 3.8) is 0 Å². The Labute approximate surface area is 91.6 Å². The number of rotatable bonds is 3. The summed E-state index contributed by atoms with van der Waals surface area (Å²) in [5, 5.41) is 17.1. The fourth-order valence-electron chi connectivity index (χ4n) is 2.52. The average molecular weight is 213 g/mol. The molecule has 88 valence electrons. The van der Waals surface area contributed by atoms with Gasteiger partial charge < -0.3 is 21.5 Å². The van der Waals surface area contributed by atoms with Gasteiger partial charge in [-0.25, -0.2) is 0 Å². The molecule has 1 saturated carbocycles. The Hall–Kier alpha value is -0.160. The average Bonchev–Trinajstić information content (AvgIpc) is 2.73. The van der Waals surface area contributed by atoms with E-state index in [9.17, 15) is 5.11 Å². The molecule has 0 radical (unpaired) electrons. The maximum absolute atomic E-state index is 10.3. The van der Waals surface area contributed by atoms with Crippen LogP contribution in [0, 0.1) is 0 Å². The largest absolute Gasteiger partial charge is 0.389 e. The van der Waals surface area contributed by atoms with Crippen LogP contribution in [0.4, 0.5) is 0 Å². The summed E-state index contributed by atoms with van der Waals surface area (Å²) in [6, 6.07) is 0.850. The third-order valence-corrected chi connectivity index (χ3v) is 3.74. The van der Waals surface area contributed by atoms with Crippen LogP contribution in [-0.2, 0) is 0 Å². The van der Waals surface area contributed by atoms with E-state index in [1.54, 1.807) is 0 Å². The van der Waals surface area contributed by atoms with Crippen molar-refractivity contribution in [2.45, 2.75) is 49.8 Å². The minimum atomic E-state index is -0.502. The van der Waals surface area contributed by atoms with Crippen molar-refractivity contribution in [3.05, 3.63) is 0 Å². The van der Waals surface area contributed by atoms with Crippen molar-refractivity contribution in [1.82, 2.24) is 10.6 Å². The van der Waals surface area contributed by atoms with E-state index in [0.717, 1.165) is 45.3 Å². The van der Waals surface area contributed by atoms with Crippen LogP contribution >= 0.6 is 0 Å². The van der Waals surface area contributed by atoms with Crippen LogP contribution < -0.4 is 16.4 Å². The van der Waals surface area contributed by atoms with E-state index in [0.29, 0.717) is 12.1 Å². The number of hydrogen-bond donors (Lipinski definition) is 4. The molecule has 0 aromatic heterocycles. The Morgan fingerprint density at radius 3 is 2.67 bits per heavy atom. The molecule has 0 amide bonds. The first kappa shape index (κ1) is 11.3. The van der Waals surface area contributed by atoms with Gasteiger partial charge in [-0.05, 0) is 38.6 Å². The SMILES string of the molecule is NC1CCC(O)(CNC2CCNC2)CC1. The Kier molecular flexibility index (Phi) is 3.61. The van der Waals surface area contributed by atoms with E-state index in [1.165, 1.54) is 6.42 Å². The molecule has 0 aromatic rings. The first-order chi connectivity index (χ1) is 7.18. The molecular weight excluding hydrogens is 190 g/mol. The minimum absolute atomic E-state index is 0.304. The first-order valence-corrected chi connectivity index (χ1v) is 6.10. The summed E-state index contributed by atoms with van der Waals surface area (Å²) in [4.78, 5) is 0. The lowest BCUT2D eigenvalue weighted by atomic mass is 9.82. The van der Waals surface area contributed by atoms with Crippen LogP contribution in [0.3, 0.4) is 0 Å². The molecule has 1 unspecified atom stereocenters. The van der Waals surface area contributed by atoms with E-state index >= 15 is 0 Å². The molecule has 4 heteroatoms. The van der Waals surface area contributed by atoms with Gasteiger partial charge in [0.15, 0.2) is 0 Å². The van der Waals surface area contributed by atoms with Gasteiger partial charge in [0.2, 0.25) is 0 Å². The molecule has 2 fully saturated rings. The molecule has 1 aliphatic carbocycles. The summed E-state index contributed by atoms with van der Waals surface area (Å²) in [6.07, 6.45) is 4.79. The lowest BCUT2D eigenvalue weighted by Crippen LogP contribution is -2.48. The molecule has 5 N–H and O–H groups in total. The Morgan fingerprint density at radius 2 is 2.07 bits per heavy atom. The maximum Gasteiger partial charge on any atom is 0.0772 e. The summed E-state index contributed by atoms with van der Waals surface area (Å²) >= 11 is 0. The normalized spacial score (nSPS) is 42.0. The highest BCUT2D eigenvalue weighted by molar-refractivity contribution is 4.90. The summed E-state index contributed by atoms with van der Waals surface area (Å²) in [5.41, 5.74) is 5.33. The topological polar surface area (TPSA) is 70.3 Å². The molecule has 0 aromatic carbocycles. The zero-order chi connectivity index (χ0) is 10.7. The molecule has 2 aliphatic rings. The van der Waals surface area contributed by atoms with Gasteiger partial charge in [-0.3, -0.25) is 0 Å². The van der Waals surface area contributed by atoms with Crippen LogP contribution in [0.25, 0.3) is 0 Å². The quantitative estimate of drug-likeness (QED) is 0.513. The van der Waals surface area contributed by atoms with Crippen molar-refractivity contribution in [2.75, 3.05) is 19.6 Å². The molecular formula is C11H23N3O. The lowest BCUT2D eigenvalue weighted by molar-refractivity contribution is -0.00104. The zero-order valence-corrected chi connectivity index (χ0v) is 9.34. The second-order valence-electron chi connectivity index (χ2n) is 5.13. The van der Waals surface area contributed by atoms with E-state index in [2.05, 4.69) is 10.6 Å². The van der Waals surface area contributed by atoms with Gasteiger partial charge >= 0.3 is 0 Å². The third-order valence-electron chi connectivity index (χ3n) is 3.74. The molecule has 2 rings (SSSR count). The van der Waals surface area contributed by atoms with Crippen LogP contribution in [0.15, 0.2) is 0 Å². The van der Waals surface area contributed by atoms with Crippen LogP contribution in [0.2, 0.25) is 0 Å². The standard InChI is InChI=1S/C11H23N3O/c12-9-1-4-11(15,5-2-9)8-14-10-3-6-13-7-10/h9-10,13-15H,1-8,12H2. The number of hydrogen-bond acceptors (Lipinski definition) is 4. The second kappa shape index (κ2) is 4.78. The zero-order valence-electron chi connectivity index (χ0n) is 9.34. The predicted octanol–water partition coefficient (Wildman–Crippen LogP) is -0.430. The molecule has 1 saturated heterocycles. The number of nitrogens with one attached hydrogen (secondary N) is 2. The third kappa shape index (κ3) is 3.14. The van der Waals surface area contributed by atoms with Crippen LogP contribution in [0.5, 0.6) is 0 Å². The van der Waals surface area contributed by atoms with Crippen LogP contribution in [-0.4, -0.2) is 42.4 Å². The Balaban J connectivity index is 1.72. The van der Waals surface area contributed by atoms with Gasteiger partial charge in [-0.1, -0.05) is 0 Å². The monoisotopic (exact) mass is 213 g/mol. The molecule has 1 aliphatic heterocycles.